The Labute approximate surface area is 120 Å². The molecule has 1 N–H and O–H groups in total. The molecule has 110 valence electrons. The first-order chi connectivity index (χ1) is 8.93. The molecule has 0 aromatic rings. The number of nitrogens with zero attached hydrogens (tertiary/aromatic N) is 1. The molecule has 1 rings (SSSR count). The van der Waals surface area contributed by atoms with E-state index in [1.807, 2.05) is 34.0 Å². The standard InChI is InChI=1S/C14H26N2O2S/c1-6-10(4)11-14(18)16(7-8-19-5)12(9(2)3)13(17)15-11/h9-12H,6-8H2,1-5H3,(H,15,17). The molecule has 0 spiro atoms. The quantitative estimate of drug-likeness (QED) is 0.809. The highest BCUT2D eigenvalue weighted by molar-refractivity contribution is 7.98. The van der Waals surface area contributed by atoms with E-state index in [-0.39, 0.29) is 35.7 Å². The van der Waals surface area contributed by atoms with Crippen LogP contribution in [0, 0.1) is 11.8 Å². The number of hydrogen-bond donors (Lipinski definition) is 1. The van der Waals surface area contributed by atoms with Crippen molar-refractivity contribution in [3.8, 4) is 0 Å². The lowest BCUT2D eigenvalue weighted by molar-refractivity contribution is -0.152. The van der Waals surface area contributed by atoms with E-state index in [2.05, 4.69) is 5.32 Å². The third-order valence-electron chi connectivity index (χ3n) is 3.83. The zero-order valence-corrected chi connectivity index (χ0v) is 13.4. The van der Waals surface area contributed by atoms with E-state index in [0.717, 1.165) is 12.2 Å². The largest absolute Gasteiger partial charge is 0.342 e. The molecule has 1 saturated heterocycles. The first-order valence-corrected chi connectivity index (χ1v) is 8.43. The normalized spacial score (nSPS) is 25.7. The number of carbonyl (C=O) groups is 2. The summed E-state index contributed by atoms with van der Waals surface area (Å²) >= 11 is 1.70. The highest BCUT2D eigenvalue weighted by atomic mass is 32.2. The summed E-state index contributed by atoms with van der Waals surface area (Å²) in [6.07, 6.45) is 2.91. The van der Waals surface area contributed by atoms with Gasteiger partial charge in [0.05, 0.1) is 0 Å². The molecule has 1 fully saturated rings. The maximum atomic E-state index is 12.6. The monoisotopic (exact) mass is 286 g/mol. The van der Waals surface area contributed by atoms with Crippen LogP contribution >= 0.6 is 11.8 Å². The third-order valence-corrected chi connectivity index (χ3v) is 4.42. The Bertz CT molecular complexity index is 333. The molecule has 4 nitrogen and oxygen atoms in total. The van der Waals surface area contributed by atoms with Crippen LogP contribution in [0.5, 0.6) is 0 Å². The van der Waals surface area contributed by atoms with Crippen LogP contribution in [0.4, 0.5) is 0 Å². The smallest absolute Gasteiger partial charge is 0.246 e. The van der Waals surface area contributed by atoms with Crippen LogP contribution in [0.1, 0.15) is 34.1 Å². The summed E-state index contributed by atoms with van der Waals surface area (Å²) < 4.78 is 0. The highest BCUT2D eigenvalue weighted by Crippen LogP contribution is 2.22. The minimum absolute atomic E-state index is 0.000929. The Morgan fingerprint density at radius 3 is 2.42 bits per heavy atom. The van der Waals surface area contributed by atoms with E-state index >= 15 is 0 Å². The van der Waals surface area contributed by atoms with Crippen molar-refractivity contribution in [2.45, 2.75) is 46.2 Å². The molecule has 19 heavy (non-hydrogen) atoms. The summed E-state index contributed by atoms with van der Waals surface area (Å²) in [5.41, 5.74) is 0. The lowest BCUT2D eigenvalue weighted by Crippen LogP contribution is -2.66. The predicted molar refractivity (Wildman–Crippen MR) is 80.1 cm³/mol. The molecule has 1 heterocycles. The fourth-order valence-corrected chi connectivity index (χ4v) is 2.86. The van der Waals surface area contributed by atoms with Crippen molar-refractivity contribution in [1.29, 1.82) is 0 Å². The van der Waals surface area contributed by atoms with Gasteiger partial charge in [-0.05, 0) is 18.1 Å². The Kier molecular flexibility index (Phi) is 6.17. The van der Waals surface area contributed by atoms with Crippen LogP contribution in [-0.4, -0.2) is 47.4 Å². The molecule has 3 atom stereocenters. The van der Waals surface area contributed by atoms with Gasteiger partial charge in [-0.1, -0.05) is 34.1 Å². The number of nitrogens with one attached hydrogen (secondary N) is 1. The molecule has 0 saturated carbocycles. The van der Waals surface area contributed by atoms with Crippen molar-refractivity contribution in [2.24, 2.45) is 11.8 Å². The number of carbonyl (C=O) groups excluding carboxylic acids is 2. The molecule has 2 amide bonds. The maximum absolute atomic E-state index is 12.6. The van der Waals surface area contributed by atoms with Gasteiger partial charge in [0.25, 0.3) is 0 Å². The Hall–Kier alpha value is -0.710. The van der Waals surface area contributed by atoms with Gasteiger partial charge in [-0.3, -0.25) is 9.59 Å². The van der Waals surface area contributed by atoms with E-state index in [4.69, 9.17) is 0 Å². The van der Waals surface area contributed by atoms with Gasteiger partial charge < -0.3 is 10.2 Å². The Balaban J connectivity index is 2.94. The Morgan fingerprint density at radius 2 is 1.95 bits per heavy atom. The molecular weight excluding hydrogens is 260 g/mol. The van der Waals surface area contributed by atoms with Gasteiger partial charge in [0, 0.05) is 12.3 Å². The minimum atomic E-state index is -0.352. The number of piperazine rings is 1. The summed E-state index contributed by atoms with van der Waals surface area (Å²) in [5.74, 6) is 1.28. The van der Waals surface area contributed by atoms with E-state index in [1.165, 1.54) is 0 Å². The van der Waals surface area contributed by atoms with E-state index in [1.54, 1.807) is 16.7 Å². The van der Waals surface area contributed by atoms with Crippen LogP contribution in [0.25, 0.3) is 0 Å². The van der Waals surface area contributed by atoms with Crippen molar-refractivity contribution in [2.75, 3.05) is 18.6 Å². The molecule has 0 aromatic heterocycles. The fraction of sp³-hybridized carbons (Fsp3) is 0.857. The molecular formula is C14H26N2O2S. The molecule has 0 aromatic carbocycles. The lowest BCUT2D eigenvalue weighted by Gasteiger charge is -2.42. The second-order valence-corrected chi connectivity index (χ2v) is 6.57. The third kappa shape index (κ3) is 3.65. The van der Waals surface area contributed by atoms with Crippen LogP contribution < -0.4 is 5.32 Å². The summed E-state index contributed by atoms with van der Waals surface area (Å²) in [5, 5.41) is 2.92. The average molecular weight is 286 g/mol. The van der Waals surface area contributed by atoms with Crippen LogP contribution in [0.3, 0.4) is 0 Å². The van der Waals surface area contributed by atoms with Gasteiger partial charge in [0.2, 0.25) is 11.8 Å². The first kappa shape index (κ1) is 16.3. The van der Waals surface area contributed by atoms with Crippen LogP contribution in [-0.2, 0) is 9.59 Å². The fourth-order valence-electron chi connectivity index (χ4n) is 2.48. The van der Waals surface area contributed by atoms with E-state index in [9.17, 15) is 9.59 Å². The number of hydrogen-bond acceptors (Lipinski definition) is 3. The molecule has 0 radical (unpaired) electrons. The van der Waals surface area contributed by atoms with Gasteiger partial charge in [0.1, 0.15) is 12.1 Å². The highest BCUT2D eigenvalue weighted by Gasteiger charge is 2.42. The van der Waals surface area contributed by atoms with Gasteiger partial charge in [-0.2, -0.15) is 11.8 Å². The number of thioether (sulfide) groups is 1. The van der Waals surface area contributed by atoms with Crippen LogP contribution in [0.15, 0.2) is 0 Å². The zero-order valence-electron chi connectivity index (χ0n) is 12.6. The second-order valence-electron chi connectivity index (χ2n) is 5.59. The number of rotatable bonds is 6. The van der Waals surface area contributed by atoms with Gasteiger partial charge in [-0.15, -0.1) is 0 Å². The van der Waals surface area contributed by atoms with Crippen molar-refractivity contribution in [3.63, 3.8) is 0 Å². The number of amides is 2. The first-order valence-electron chi connectivity index (χ1n) is 7.03. The molecule has 3 unspecified atom stereocenters. The maximum Gasteiger partial charge on any atom is 0.246 e. The van der Waals surface area contributed by atoms with E-state index in [0.29, 0.717) is 6.54 Å². The Morgan fingerprint density at radius 1 is 1.32 bits per heavy atom. The summed E-state index contributed by atoms with van der Waals surface area (Å²) in [7, 11) is 0. The summed E-state index contributed by atoms with van der Waals surface area (Å²) in [6.45, 7) is 8.71. The molecule has 1 aliphatic heterocycles. The molecule has 0 bridgehead atoms. The zero-order chi connectivity index (χ0) is 14.6. The van der Waals surface area contributed by atoms with Crippen molar-refractivity contribution < 1.29 is 9.59 Å². The van der Waals surface area contributed by atoms with E-state index < -0.39 is 0 Å². The lowest BCUT2D eigenvalue weighted by atomic mass is 9.91. The summed E-state index contributed by atoms with van der Waals surface area (Å²) in [6, 6.07) is -0.672. The van der Waals surface area contributed by atoms with Gasteiger partial charge >= 0.3 is 0 Å². The van der Waals surface area contributed by atoms with Gasteiger partial charge in [-0.25, -0.2) is 0 Å². The molecule has 1 aliphatic rings. The molecule has 5 heteroatoms. The van der Waals surface area contributed by atoms with Crippen molar-refractivity contribution in [3.05, 3.63) is 0 Å². The molecule has 0 aliphatic carbocycles. The van der Waals surface area contributed by atoms with Crippen LogP contribution in [0.2, 0.25) is 0 Å². The topological polar surface area (TPSA) is 49.4 Å². The minimum Gasteiger partial charge on any atom is -0.342 e. The van der Waals surface area contributed by atoms with Gasteiger partial charge in [0.15, 0.2) is 0 Å². The second kappa shape index (κ2) is 7.17. The van der Waals surface area contributed by atoms with Crippen molar-refractivity contribution in [1.82, 2.24) is 10.2 Å². The average Bonchev–Trinajstić information content (AvgIpc) is 2.37. The van der Waals surface area contributed by atoms with Crippen molar-refractivity contribution >= 4 is 23.6 Å². The predicted octanol–water partition coefficient (Wildman–Crippen LogP) is 1.75. The SMILES string of the molecule is CCC(C)C1NC(=O)C(C(C)C)N(CCSC)C1=O. The summed E-state index contributed by atoms with van der Waals surface area (Å²) in [4.78, 5) is 26.7.